The number of nitrogens with zero attached hydrogens (tertiary/aromatic N) is 3. The van der Waals surface area contributed by atoms with Crippen LogP contribution in [0.4, 0.5) is 0 Å². The Morgan fingerprint density at radius 1 is 0.333 bits per heavy atom. The zero-order chi connectivity index (χ0) is 65.3. The van der Waals surface area contributed by atoms with Gasteiger partial charge in [0, 0.05) is 49.1 Å². The molecule has 3 aromatic heterocycles. The summed E-state index contributed by atoms with van der Waals surface area (Å²) in [6.45, 7) is 0. The van der Waals surface area contributed by atoms with Crippen molar-refractivity contribution in [1.82, 2.24) is 13.7 Å². The van der Waals surface area contributed by atoms with Gasteiger partial charge in [0.25, 0.3) is 0 Å². The van der Waals surface area contributed by atoms with E-state index in [1.807, 2.05) is 0 Å². The van der Waals surface area contributed by atoms with E-state index in [9.17, 15) is 19.2 Å². The summed E-state index contributed by atoms with van der Waals surface area (Å²) in [7, 11) is 0. The molecule has 3 heteroatoms. The molecule has 266 valence electrons. The Kier molecular flexibility index (Phi) is 2.96. The quantitative estimate of drug-likeness (QED) is 0.166. The molecule has 0 amide bonds. The second-order valence-electron chi connectivity index (χ2n) is 12.5. The van der Waals surface area contributed by atoms with Gasteiger partial charge >= 0.3 is 0 Å². The third-order valence-corrected chi connectivity index (χ3v) is 9.62. The van der Waals surface area contributed by atoms with E-state index < -0.39 is 298 Å². The number of para-hydroxylation sites is 5. The first-order chi connectivity index (χ1) is 41.6. The van der Waals surface area contributed by atoms with Gasteiger partial charge in [-0.1, -0.05) is 157 Å². The van der Waals surface area contributed by atoms with Crippen LogP contribution in [0, 0.1) is 0 Å². The summed E-state index contributed by atoms with van der Waals surface area (Å²) in [6, 6.07) is -26.5. The number of rotatable bonds is 5. The van der Waals surface area contributed by atoms with Crippen LogP contribution >= 0.6 is 0 Å². The van der Waals surface area contributed by atoms with Crippen molar-refractivity contribution in [2.24, 2.45) is 0 Å². The molecule has 0 aliphatic heterocycles. The first kappa shape index (κ1) is 13.5. The molecule has 0 N–H and O–H groups in total. The van der Waals surface area contributed by atoms with Crippen molar-refractivity contribution in [2.75, 3.05) is 0 Å². The lowest BCUT2D eigenvalue weighted by Crippen LogP contribution is -2.01. The summed E-state index contributed by atoms with van der Waals surface area (Å²) in [5.74, 6) is 0. The average molecular weight is 758 g/mol. The highest BCUT2D eigenvalue weighted by Gasteiger charge is 2.23. The summed E-state index contributed by atoms with van der Waals surface area (Å²) in [6.07, 6.45) is 0. The van der Waals surface area contributed by atoms with E-state index in [0.717, 1.165) is 13.7 Å². The summed E-state index contributed by atoms with van der Waals surface area (Å²) in [4.78, 5) is 0. The zero-order valence-electron chi connectivity index (χ0n) is 60.6. The van der Waals surface area contributed by atoms with Gasteiger partial charge in [0.1, 0.15) is 0 Å². The molecular weight excluding hydrogens is 691 g/mol. The Morgan fingerprint density at radius 2 is 0.789 bits per heavy atom. The molecule has 3 nitrogen and oxygen atoms in total. The topological polar surface area (TPSA) is 14.8 Å². The monoisotopic (exact) mass is 757 g/mol. The summed E-state index contributed by atoms with van der Waals surface area (Å²) < 4.78 is 296. The summed E-state index contributed by atoms with van der Waals surface area (Å²) >= 11 is 0. The van der Waals surface area contributed by atoms with Crippen LogP contribution in [0.5, 0.6) is 0 Å². The van der Waals surface area contributed by atoms with Gasteiger partial charge in [0.2, 0.25) is 0 Å². The Morgan fingerprint density at radius 3 is 1.39 bits per heavy atom. The van der Waals surface area contributed by atoms with Crippen LogP contribution in [0.1, 0.15) is 43.9 Å². The minimum atomic E-state index is -1.11. The van der Waals surface area contributed by atoms with E-state index in [1.165, 1.54) is 18.2 Å². The van der Waals surface area contributed by atoms with E-state index in [0.29, 0.717) is 0 Å². The predicted octanol–water partition coefficient (Wildman–Crippen LogP) is 14.3. The molecule has 0 fully saturated rings. The number of aromatic nitrogens is 3. The fourth-order valence-electron chi connectivity index (χ4n) is 7.39. The molecule has 0 bridgehead atoms. The summed E-state index contributed by atoms with van der Waals surface area (Å²) in [5, 5.41) is -3.76. The van der Waals surface area contributed by atoms with Crippen LogP contribution in [0.15, 0.2) is 212 Å². The third kappa shape index (κ3) is 4.66. The van der Waals surface area contributed by atoms with Gasteiger partial charge in [-0.15, -0.1) is 0 Å². The molecule has 0 aliphatic rings. The highest BCUT2D eigenvalue weighted by atomic mass is 15.0. The van der Waals surface area contributed by atoms with Crippen LogP contribution in [0.25, 0.3) is 105 Å². The van der Waals surface area contributed by atoms with Gasteiger partial charge in [-0.2, -0.15) is 0 Å². The second-order valence-corrected chi connectivity index (χ2v) is 12.5. The third-order valence-electron chi connectivity index (χ3n) is 9.62. The van der Waals surface area contributed by atoms with Crippen molar-refractivity contribution in [3.8, 4) is 39.3 Å². The van der Waals surface area contributed by atoms with Gasteiger partial charge in [0.15, 0.2) is 0 Å². The van der Waals surface area contributed by atoms with Gasteiger partial charge < -0.3 is 13.7 Å². The maximum atomic E-state index is 10.2. The molecular formula is C54H35N3. The Balaban J connectivity index is 1.38. The molecule has 0 saturated heterocycles. The highest BCUT2D eigenvalue weighted by Crippen LogP contribution is 2.44. The molecule has 0 unspecified atom stereocenters. The average Bonchev–Trinajstić information content (AvgIpc) is 1.54. The van der Waals surface area contributed by atoms with Crippen molar-refractivity contribution in [3.05, 3.63) is 212 Å². The normalized spacial score (nSPS) is 19.7. The minimum absolute atomic E-state index is 0.468. The minimum Gasteiger partial charge on any atom is -0.309 e. The molecule has 0 saturated carbocycles. The lowest BCUT2D eigenvalue weighted by molar-refractivity contribution is 1.17. The van der Waals surface area contributed by atoms with E-state index in [-0.39, 0.29) is 0 Å². The van der Waals surface area contributed by atoms with Gasteiger partial charge in [-0.05, 0) is 65.5 Å². The lowest BCUT2D eigenvalue weighted by atomic mass is 9.95. The summed E-state index contributed by atoms with van der Waals surface area (Å²) in [5.41, 5.74) is -8.71. The number of fused-ring (bicyclic) bond motifs is 9. The van der Waals surface area contributed by atoms with Gasteiger partial charge in [-0.25, -0.2) is 0 Å². The lowest BCUT2D eigenvalue weighted by Gasteiger charge is -2.19. The Bertz CT molecular complexity index is 5180. The predicted molar refractivity (Wildman–Crippen MR) is 240 cm³/mol. The molecule has 57 heavy (non-hydrogen) atoms. The molecule has 0 spiro atoms. The van der Waals surface area contributed by atoms with Crippen LogP contribution in [0.2, 0.25) is 0 Å². The molecule has 12 rings (SSSR count). The molecule has 0 radical (unpaired) electrons. The van der Waals surface area contributed by atoms with E-state index >= 15 is 0 Å². The Labute approximate surface area is 374 Å². The van der Waals surface area contributed by atoms with Gasteiger partial charge in [0.05, 0.1) is 88.3 Å². The van der Waals surface area contributed by atoms with Crippen molar-refractivity contribution >= 4 is 65.4 Å². The number of hydrogen-bond donors (Lipinski definition) is 0. The largest absolute Gasteiger partial charge is 0.309 e. The van der Waals surface area contributed by atoms with Crippen LogP contribution in [-0.4, -0.2) is 13.7 Å². The second kappa shape index (κ2) is 12.5. The fourth-order valence-corrected chi connectivity index (χ4v) is 7.39. The van der Waals surface area contributed by atoms with Crippen molar-refractivity contribution < 1.29 is 43.9 Å². The maximum Gasteiger partial charge on any atom is 0.0652 e. The van der Waals surface area contributed by atoms with Crippen molar-refractivity contribution in [2.45, 2.75) is 0 Å². The maximum absolute atomic E-state index is 10.2. The molecule has 12 aromatic rings. The standard InChI is InChI=1S/C54H35N3/c1-3-17-36(18-4-1)39-25-15-26-40(37-19-5-2-6-20-37)54(39)57-49-30-14-10-24-44(49)53-51(31-16-32-52(53)57)56-48-29-13-9-23-43(48)45-35-38(33-34-50(45)56)55-46-27-11-7-21-41(46)42-22-8-12-28-47(42)55/h1-35H/i1D,2D,3D,4D,5D,6D,7D,8D,9D,10D,11D,12D,13D,14D,16D,17D,18D,19D,20D,21D,22D,23D,24D,27D,28D,29D,30D,31D,32D,33D,34D,35D. The van der Waals surface area contributed by atoms with E-state index in [1.54, 1.807) is 0 Å². The smallest absolute Gasteiger partial charge is 0.0652 e. The van der Waals surface area contributed by atoms with Crippen molar-refractivity contribution in [3.63, 3.8) is 0 Å². The first-order valence-corrected chi connectivity index (χ1v) is 17.0. The molecule has 3 heterocycles. The van der Waals surface area contributed by atoms with Crippen LogP contribution in [-0.2, 0) is 0 Å². The Hall–Kier alpha value is -7.62. The zero-order valence-corrected chi connectivity index (χ0v) is 28.6. The van der Waals surface area contributed by atoms with Crippen LogP contribution in [0.3, 0.4) is 0 Å². The first-order valence-electron chi connectivity index (χ1n) is 33.0. The molecule has 9 aromatic carbocycles. The number of benzene rings is 9. The highest BCUT2D eigenvalue weighted by molar-refractivity contribution is 6.17. The molecule has 0 atom stereocenters. The van der Waals surface area contributed by atoms with E-state index in [2.05, 4.69) is 0 Å². The van der Waals surface area contributed by atoms with Gasteiger partial charge in [-0.3, -0.25) is 0 Å². The SMILES string of the molecule is [2H]c1c([2H])c([2H])c(-c2cccc(-c3c([2H])c([2H])c([2H])c([2H])c3[2H])c2-n2c3c([2H])c([2H])c([2H])c([2H])c3c3c(-n4c5c([2H])c([2H])c([2H])c([2H])c5c5c([2H])c(-n6c7c([2H])c([2H])c([2H])c([2H])c7c7c([2H])c([2H])c([2H])c([2H])c76)c([2H])c([2H])c54)c([2H])c([2H])c([2H])c32)c([2H])c1[2H]. The fraction of sp³-hybridized carbons (Fsp3) is 0. The van der Waals surface area contributed by atoms with Crippen LogP contribution < -0.4 is 0 Å². The van der Waals surface area contributed by atoms with E-state index in [4.69, 9.17) is 24.7 Å². The van der Waals surface area contributed by atoms with Crippen molar-refractivity contribution in [1.29, 1.82) is 0 Å². The number of hydrogen-bond acceptors (Lipinski definition) is 0. The molecule has 0 aliphatic carbocycles.